The number of nitrogens with one attached hydrogen (secondary N) is 2. The first-order valence-electron chi connectivity index (χ1n) is 7.24. The Hall–Kier alpha value is -0.310. The standard InChI is InChI=1S/C14H26N2S/c1-10-8-9-13(11(10)2)16-14(17)15-12-6-4-3-5-7-12/h10-13H,3-9H2,1-2H3,(H2,15,16,17). The van der Waals surface area contributed by atoms with Crippen LogP contribution >= 0.6 is 12.2 Å². The fraction of sp³-hybridized carbons (Fsp3) is 0.929. The average Bonchev–Trinajstić information content (AvgIpc) is 2.62. The highest BCUT2D eigenvalue weighted by molar-refractivity contribution is 7.80. The Kier molecular flexibility index (Phi) is 4.66. The van der Waals surface area contributed by atoms with Crippen LogP contribution in [0.5, 0.6) is 0 Å². The van der Waals surface area contributed by atoms with Crippen molar-refractivity contribution in [2.24, 2.45) is 11.8 Å². The van der Waals surface area contributed by atoms with Crippen LogP contribution in [0.1, 0.15) is 58.8 Å². The van der Waals surface area contributed by atoms with E-state index >= 15 is 0 Å². The van der Waals surface area contributed by atoms with Crippen molar-refractivity contribution in [2.45, 2.75) is 70.9 Å². The van der Waals surface area contributed by atoms with Crippen molar-refractivity contribution in [3.8, 4) is 0 Å². The molecule has 0 bridgehead atoms. The van der Waals surface area contributed by atoms with Crippen LogP contribution in [0.3, 0.4) is 0 Å². The van der Waals surface area contributed by atoms with Crippen molar-refractivity contribution in [2.75, 3.05) is 0 Å². The molecule has 2 fully saturated rings. The third kappa shape index (κ3) is 3.57. The van der Waals surface area contributed by atoms with E-state index in [4.69, 9.17) is 12.2 Å². The van der Waals surface area contributed by atoms with Crippen LogP contribution in [-0.2, 0) is 0 Å². The van der Waals surface area contributed by atoms with Crippen LogP contribution in [0.25, 0.3) is 0 Å². The van der Waals surface area contributed by atoms with Crippen molar-refractivity contribution < 1.29 is 0 Å². The summed E-state index contributed by atoms with van der Waals surface area (Å²) in [5.41, 5.74) is 0. The molecule has 0 aromatic rings. The predicted molar refractivity (Wildman–Crippen MR) is 77.1 cm³/mol. The van der Waals surface area contributed by atoms with E-state index in [1.807, 2.05) is 0 Å². The zero-order valence-electron chi connectivity index (χ0n) is 11.2. The van der Waals surface area contributed by atoms with E-state index in [0.717, 1.165) is 16.9 Å². The predicted octanol–water partition coefficient (Wildman–Crippen LogP) is 3.22. The van der Waals surface area contributed by atoms with Crippen molar-refractivity contribution >= 4 is 17.3 Å². The molecule has 2 aliphatic rings. The lowest BCUT2D eigenvalue weighted by Crippen LogP contribution is -2.47. The molecule has 3 atom stereocenters. The third-order valence-electron chi connectivity index (χ3n) is 4.72. The van der Waals surface area contributed by atoms with Gasteiger partial charge in [-0.1, -0.05) is 33.1 Å². The molecule has 98 valence electrons. The van der Waals surface area contributed by atoms with Gasteiger partial charge in [0, 0.05) is 12.1 Å². The summed E-state index contributed by atoms with van der Waals surface area (Å²) in [4.78, 5) is 0. The smallest absolute Gasteiger partial charge is 0.166 e. The van der Waals surface area contributed by atoms with Crippen LogP contribution < -0.4 is 10.6 Å². The highest BCUT2D eigenvalue weighted by Gasteiger charge is 2.30. The summed E-state index contributed by atoms with van der Waals surface area (Å²) in [6.07, 6.45) is 9.31. The molecule has 0 spiro atoms. The minimum atomic E-state index is 0.591. The van der Waals surface area contributed by atoms with Crippen molar-refractivity contribution in [1.29, 1.82) is 0 Å². The quantitative estimate of drug-likeness (QED) is 0.740. The zero-order chi connectivity index (χ0) is 12.3. The summed E-state index contributed by atoms with van der Waals surface area (Å²) in [5, 5.41) is 7.92. The highest BCUT2D eigenvalue weighted by atomic mass is 32.1. The van der Waals surface area contributed by atoms with Crippen molar-refractivity contribution in [3.63, 3.8) is 0 Å². The number of hydrogen-bond donors (Lipinski definition) is 2. The maximum Gasteiger partial charge on any atom is 0.166 e. The third-order valence-corrected chi connectivity index (χ3v) is 4.96. The van der Waals surface area contributed by atoms with Crippen LogP contribution in [0.15, 0.2) is 0 Å². The molecule has 3 heteroatoms. The lowest BCUT2D eigenvalue weighted by Gasteiger charge is -2.27. The first-order valence-corrected chi connectivity index (χ1v) is 7.64. The number of thiocarbonyl (C=S) groups is 1. The second-order valence-corrected chi connectivity index (χ2v) is 6.38. The molecule has 2 saturated carbocycles. The molecule has 0 amide bonds. The zero-order valence-corrected chi connectivity index (χ0v) is 12.0. The van der Waals surface area contributed by atoms with Crippen LogP contribution in [-0.4, -0.2) is 17.2 Å². The van der Waals surface area contributed by atoms with Gasteiger partial charge in [-0.2, -0.15) is 0 Å². The van der Waals surface area contributed by atoms with Crippen molar-refractivity contribution in [3.05, 3.63) is 0 Å². The second kappa shape index (κ2) is 6.03. The minimum absolute atomic E-state index is 0.591. The van der Waals surface area contributed by atoms with E-state index in [0.29, 0.717) is 12.1 Å². The van der Waals surface area contributed by atoms with Gasteiger partial charge >= 0.3 is 0 Å². The molecule has 2 nitrogen and oxygen atoms in total. The summed E-state index contributed by atoms with van der Waals surface area (Å²) in [6.45, 7) is 4.70. The van der Waals surface area contributed by atoms with E-state index in [2.05, 4.69) is 24.5 Å². The van der Waals surface area contributed by atoms with Gasteiger partial charge in [-0.05, 0) is 49.7 Å². The Bertz CT molecular complexity index is 261. The first-order chi connectivity index (χ1) is 8.16. The largest absolute Gasteiger partial charge is 0.360 e. The normalized spacial score (nSPS) is 34.6. The second-order valence-electron chi connectivity index (χ2n) is 5.97. The maximum absolute atomic E-state index is 5.44. The summed E-state index contributed by atoms with van der Waals surface area (Å²) in [6, 6.07) is 1.21. The van der Waals surface area contributed by atoms with E-state index in [-0.39, 0.29) is 0 Å². The molecule has 0 radical (unpaired) electrons. The highest BCUT2D eigenvalue weighted by Crippen LogP contribution is 2.31. The van der Waals surface area contributed by atoms with Gasteiger partial charge in [0.25, 0.3) is 0 Å². The monoisotopic (exact) mass is 254 g/mol. The Labute approximate surface area is 111 Å². The molecule has 0 saturated heterocycles. The molecular weight excluding hydrogens is 228 g/mol. The van der Waals surface area contributed by atoms with Gasteiger partial charge in [0.2, 0.25) is 0 Å². The van der Waals surface area contributed by atoms with Gasteiger partial charge in [-0.15, -0.1) is 0 Å². The van der Waals surface area contributed by atoms with Crippen LogP contribution in [0.2, 0.25) is 0 Å². The summed E-state index contributed by atoms with van der Waals surface area (Å²) in [7, 11) is 0. The first kappa shape index (κ1) is 13.1. The van der Waals surface area contributed by atoms with Gasteiger partial charge in [0.15, 0.2) is 5.11 Å². The number of hydrogen-bond acceptors (Lipinski definition) is 1. The maximum atomic E-state index is 5.44. The molecular formula is C14H26N2S. The minimum Gasteiger partial charge on any atom is -0.360 e. The molecule has 2 N–H and O–H groups in total. The molecule has 17 heavy (non-hydrogen) atoms. The molecule has 2 aliphatic carbocycles. The fourth-order valence-electron chi connectivity index (χ4n) is 3.21. The van der Waals surface area contributed by atoms with Crippen LogP contribution in [0, 0.1) is 11.8 Å². The molecule has 0 heterocycles. The van der Waals surface area contributed by atoms with Gasteiger partial charge in [0.05, 0.1) is 0 Å². The average molecular weight is 254 g/mol. The molecule has 0 aromatic carbocycles. The van der Waals surface area contributed by atoms with Gasteiger partial charge in [-0.25, -0.2) is 0 Å². The topological polar surface area (TPSA) is 24.1 Å². The van der Waals surface area contributed by atoms with E-state index in [9.17, 15) is 0 Å². The SMILES string of the molecule is CC1CCC(NC(=S)NC2CCCCC2)C1C. The van der Waals surface area contributed by atoms with E-state index < -0.39 is 0 Å². The Balaban J connectivity index is 1.73. The molecule has 0 aromatic heterocycles. The van der Waals surface area contributed by atoms with E-state index in [1.165, 1.54) is 44.9 Å². The number of rotatable bonds is 2. The summed E-state index contributed by atoms with van der Waals surface area (Å²) in [5.74, 6) is 1.59. The lowest BCUT2D eigenvalue weighted by molar-refractivity contribution is 0.389. The Morgan fingerprint density at radius 2 is 1.65 bits per heavy atom. The summed E-state index contributed by atoms with van der Waals surface area (Å²) < 4.78 is 0. The fourth-order valence-corrected chi connectivity index (χ4v) is 3.53. The van der Waals surface area contributed by atoms with E-state index in [1.54, 1.807) is 0 Å². The molecule has 0 aliphatic heterocycles. The van der Waals surface area contributed by atoms with Gasteiger partial charge in [0.1, 0.15) is 0 Å². The molecule has 2 rings (SSSR count). The summed E-state index contributed by atoms with van der Waals surface area (Å²) >= 11 is 5.44. The Morgan fingerprint density at radius 1 is 0.941 bits per heavy atom. The molecule has 3 unspecified atom stereocenters. The van der Waals surface area contributed by atoms with Crippen LogP contribution in [0.4, 0.5) is 0 Å². The lowest BCUT2D eigenvalue weighted by atomic mass is 9.95. The Morgan fingerprint density at radius 3 is 2.24 bits per heavy atom. The van der Waals surface area contributed by atoms with Gasteiger partial charge < -0.3 is 10.6 Å². The van der Waals surface area contributed by atoms with Crippen molar-refractivity contribution in [1.82, 2.24) is 10.6 Å². The van der Waals surface area contributed by atoms with Gasteiger partial charge in [-0.3, -0.25) is 0 Å².